The molecule has 0 unspecified atom stereocenters. The molecule has 0 atom stereocenters. The summed E-state index contributed by atoms with van der Waals surface area (Å²) in [7, 11) is 0. The highest BCUT2D eigenvalue weighted by Gasteiger charge is 2.22. The number of amides is 2. The topological polar surface area (TPSA) is 35.6 Å². The Morgan fingerprint density at radius 2 is 1.72 bits per heavy atom. The van der Waals surface area contributed by atoms with Gasteiger partial charge < -0.3 is 15.1 Å². The van der Waals surface area contributed by atoms with Crippen molar-refractivity contribution in [3.63, 3.8) is 0 Å². The standard InChI is InChI=1S/C20H25N3OS/c1-3-16-8-10-17(11-9-16)21-20(24)23-14-12-22(13-15-23)18-6-4-5-7-19(18)25-2/h4-11H,3,12-15H2,1-2H3,(H,21,24). The van der Waals surface area contributed by atoms with Gasteiger partial charge in [0, 0.05) is 36.8 Å². The molecule has 0 saturated carbocycles. The lowest BCUT2D eigenvalue weighted by atomic mass is 10.1. The van der Waals surface area contributed by atoms with Crippen molar-refractivity contribution in [3.8, 4) is 0 Å². The van der Waals surface area contributed by atoms with Gasteiger partial charge in [-0.15, -0.1) is 11.8 Å². The van der Waals surface area contributed by atoms with E-state index in [0.717, 1.165) is 38.3 Å². The Bertz CT molecular complexity index is 709. The summed E-state index contributed by atoms with van der Waals surface area (Å²) >= 11 is 1.77. The summed E-state index contributed by atoms with van der Waals surface area (Å²) in [5, 5.41) is 3.00. The van der Waals surface area contributed by atoms with Crippen molar-refractivity contribution in [1.29, 1.82) is 0 Å². The van der Waals surface area contributed by atoms with Crippen molar-refractivity contribution >= 4 is 29.2 Å². The van der Waals surface area contributed by atoms with E-state index in [2.05, 4.69) is 59.8 Å². The van der Waals surface area contributed by atoms with Crippen LogP contribution < -0.4 is 10.2 Å². The molecular weight excluding hydrogens is 330 g/mol. The van der Waals surface area contributed by atoms with Crippen LogP contribution >= 0.6 is 11.8 Å². The van der Waals surface area contributed by atoms with Gasteiger partial charge in [0.15, 0.2) is 0 Å². The second-order valence-corrected chi connectivity index (χ2v) is 6.97. The summed E-state index contributed by atoms with van der Waals surface area (Å²) < 4.78 is 0. The Labute approximate surface area is 154 Å². The third kappa shape index (κ3) is 4.28. The first-order chi connectivity index (χ1) is 12.2. The minimum atomic E-state index is -0.0120. The van der Waals surface area contributed by atoms with E-state index >= 15 is 0 Å². The lowest BCUT2D eigenvalue weighted by Gasteiger charge is -2.36. The van der Waals surface area contributed by atoms with Crippen LogP contribution in [0.25, 0.3) is 0 Å². The molecule has 5 heteroatoms. The van der Waals surface area contributed by atoms with E-state index in [4.69, 9.17) is 0 Å². The molecule has 3 rings (SSSR count). The highest BCUT2D eigenvalue weighted by Crippen LogP contribution is 2.29. The molecule has 0 bridgehead atoms. The van der Waals surface area contributed by atoms with E-state index < -0.39 is 0 Å². The number of thioether (sulfide) groups is 1. The molecule has 2 amide bonds. The van der Waals surface area contributed by atoms with Crippen molar-refractivity contribution in [2.75, 3.05) is 42.7 Å². The molecule has 1 heterocycles. The molecular formula is C20H25N3OS. The first-order valence-corrected chi connectivity index (χ1v) is 9.96. The third-order valence-corrected chi connectivity index (χ3v) is 5.39. The average Bonchev–Trinajstić information content (AvgIpc) is 2.68. The number of anilines is 2. The number of aryl methyl sites for hydroxylation is 1. The smallest absolute Gasteiger partial charge is 0.321 e. The number of carbonyl (C=O) groups is 1. The lowest BCUT2D eigenvalue weighted by molar-refractivity contribution is 0.208. The lowest BCUT2D eigenvalue weighted by Crippen LogP contribution is -2.50. The fourth-order valence-electron chi connectivity index (χ4n) is 3.07. The molecule has 2 aromatic carbocycles. The molecule has 0 aromatic heterocycles. The number of rotatable bonds is 4. The summed E-state index contributed by atoms with van der Waals surface area (Å²) in [6.45, 7) is 5.32. The zero-order valence-electron chi connectivity index (χ0n) is 14.9. The van der Waals surface area contributed by atoms with Gasteiger partial charge in [0.2, 0.25) is 0 Å². The molecule has 0 radical (unpaired) electrons. The molecule has 0 spiro atoms. The second-order valence-electron chi connectivity index (χ2n) is 6.13. The van der Waals surface area contributed by atoms with Crippen molar-refractivity contribution in [2.24, 2.45) is 0 Å². The van der Waals surface area contributed by atoms with Crippen LogP contribution in [0.1, 0.15) is 12.5 Å². The van der Waals surface area contributed by atoms with Gasteiger partial charge in [-0.05, 0) is 42.5 Å². The van der Waals surface area contributed by atoms with Gasteiger partial charge in [0.1, 0.15) is 0 Å². The number of urea groups is 1. The zero-order chi connectivity index (χ0) is 17.6. The maximum absolute atomic E-state index is 12.5. The normalized spacial score (nSPS) is 14.5. The van der Waals surface area contributed by atoms with Gasteiger partial charge in [-0.3, -0.25) is 0 Å². The van der Waals surface area contributed by atoms with Crippen molar-refractivity contribution < 1.29 is 4.79 Å². The van der Waals surface area contributed by atoms with Crippen LogP contribution in [0.4, 0.5) is 16.2 Å². The van der Waals surface area contributed by atoms with Crippen molar-refractivity contribution in [2.45, 2.75) is 18.2 Å². The van der Waals surface area contributed by atoms with E-state index in [-0.39, 0.29) is 6.03 Å². The number of nitrogens with one attached hydrogen (secondary N) is 1. The quantitative estimate of drug-likeness (QED) is 0.830. The van der Waals surface area contributed by atoms with E-state index in [9.17, 15) is 4.79 Å². The van der Waals surface area contributed by atoms with Crippen molar-refractivity contribution in [1.82, 2.24) is 4.90 Å². The predicted molar refractivity (Wildman–Crippen MR) is 107 cm³/mol. The molecule has 4 nitrogen and oxygen atoms in total. The highest BCUT2D eigenvalue weighted by molar-refractivity contribution is 7.98. The fourth-order valence-corrected chi connectivity index (χ4v) is 3.69. The molecule has 1 aliphatic rings. The Hall–Kier alpha value is -2.14. The summed E-state index contributed by atoms with van der Waals surface area (Å²) in [5.41, 5.74) is 3.40. The summed E-state index contributed by atoms with van der Waals surface area (Å²) in [4.78, 5) is 18.0. The molecule has 1 N–H and O–H groups in total. The van der Waals surface area contributed by atoms with Crippen LogP contribution in [0, 0.1) is 0 Å². The number of piperazine rings is 1. The SMILES string of the molecule is CCc1ccc(NC(=O)N2CCN(c3ccccc3SC)CC2)cc1. The first kappa shape index (κ1) is 17.7. The Kier molecular flexibility index (Phi) is 5.87. The van der Waals surface area contributed by atoms with E-state index in [0.29, 0.717) is 0 Å². The summed E-state index contributed by atoms with van der Waals surface area (Å²) in [6.07, 6.45) is 3.11. The van der Waals surface area contributed by atoms with Gasteiger partial charge >= 0.3 is 6.03 Å². The Balaban J connectivity index is 1.57. The molecule has 1 saturated heterocycles. The van der Waals surface area contributed by atoms with Crippen LogP contribution in [0.5, 0.6) is 0 Å². The molecule has 25 heavy (non-hydrogen) atoms. The number of hydrogen-bond donors (Lipinski definition) is 1. The van der Waals surface area contributed by atoms with Gasteiger partial charge in [-0.1, -0.05) is 31.2 Å². The number of hydrogen-bond acceptors (Lipinski definition) is 3. The zero-order valence-corrected chi connectivity index (χ0v) is 15.7. The number of carbonyl (C=O) groups excluding carboxylic acids is 1. The highest BCUT2D eigenvalue weighted by atomic mass is 32.2. The van der Waals surface area contributed by atoms with Crippen molar-refractivity contribution in [3.05, 3.63) is 54.1 Å². The van der Waals surface area contributed by atoms with E-state index in [1.807, 2.05) is 17.0 Å². The minimum Gasteiger partial charge on any atom is -0.367 e. The van der Waals surface area contributed by atoms with E-state index in [1.165, 1.54) is 16.1 Å². The van der Waals surface area contributed by atoms with E-state index in [1.54, 1.807) is 11.8 Å². The van der Waals surface area contributed by atoms with Crippen LogP contribution in [0.2, 0.25) is 0 Å². The largest absolute Gasteiger partial charge is 0.367 e. The number of nitrogens with zero attached hydrogens (tertiary/aromatic N) is 2. The minimum absolute atomic E-state index is 0.0120. The second kappa shape index (κ2) is 8.30. The predicted octanol–water partition coefficient (Wildman–Crippen LogP) is 4.33. The Morgan fingerprint density at radius 3 is 2.36 bits per heavy atom. The van der Waals surface area contributed by atoms with Gasteiger partial charge in [-0.2, -0.15) is 0 Å². The van der Waals surface area contributed by atoms with Crippen LogP contribution in [-0.4, -0.2) is 43.4 Å². The molecule has 2 aromatic rings. The number of para-hydroxylation sites is 1. The third-order valence-electron chi connectivity index (χ3n) is 4.61. The number of benzene rings is 2. The van der Waals surface area contributed by atoms with Crippen LogP contribution in [0.3, 0.4) is 0 Å². The Morgan fingerprint density at radius 1 is 1.04 bits per heavy atom. The monoisotopic (exact) mass is 355 g/mol. The van der Waals surface area contributed by atoms with Crippen LogP contribution in [-0.2, 0) is 6.42 Å². The molecule has 0 aliphatic carbocycles. The molecule has 132 valence electrons. The van der Waals surface area contributed by atoms with Crippen LogP contribution in [0.15, 0.2) is 53.4 Å². The van der Waals surface area contributed by atoms with Gasteiger partial charge in [0.25, 0.3) is 0 Å². The van der Waals surface area contributed by atoms with Gasteiger partial charge in [0.05, 0.1) is 5.69 Å². The first-order valence-electron chi connectivity index (χ1n) is 8.74. The molecule has 1 fully saturated rings. The summed E-state index contributed by atoms with van der Waals surface area (Å²) in [5.74, 6) is 0. The average molecular weight is 356 g/mol. The van der Waals surface area contributed by atoms with Gasteiger partial charge in [-0.25, -0.2) is 4.79 Å². The maximum atomic E-state index is 12.5. The maximum Gasteiger partial charge on any atom is 0.321 e. The summed E-state index contributed by atoms with van der Waals surface area (Å²) in [6, 6.07) is 16.5. The fraction of sp³-hybridized carbons (Fsp3) is 0.350. The molecule has 1 aliphatic heterocycles.